The van der Waals surface area contributed by atoms with Crippen molar-refractivity contribution < 1.29 is 0 Å². The molecule has 15 heavy (non-hydrogen) atoms. The van der Waals surface area contributed by atoms with Gasteiger partial charge in [-0.3, -0.25) is 0 Å². The van der Waals surface area contributed by atoms with Gasteiger partial charge in [0, 0.05) is 5.92 Å². The number of rotatable bonds is 1. The Morgan fingerprint density at radius 3 is 2.87 bits per heavy atom. The highest BCUT2D eigenvalue weighted by molar-refractivity contribution is 5.75. The summed E-state index contributed by atoms with van der Waals surface area (Å²) < 4.78 is 0. The lowest BCUT2D eigenvalue weighted by Gasteiger charge is -2.02. The highest BCUT2D eigenvalue weighted by Gasteiger charge is 2.16. The zero-order valence-corrected chi connectivity index (χ0v) is 8.83. The van der Waals surface area contributed by atoms with Crippen molar-refractivity contribution in [1.29, 1.82) is 0 Å². The summed E-state index contributed by atoms with van der Waals surface area (Å²) in [5, 5.41) is 0. The smallest absolute Gasteiger partial charge is 0.110 e. The Hall–Kier alpha value is -1.57. The van der Waals surface area contributed by atoms with E-state index in [1.165, 1.54) is 5.56 Å². The van der Waals surface area contributed by atoms with Gasteiger partial charge in [-0.25, -0.2) is 4.98 Å². The molecule has 2 heteroatoms. The Morgan fingerprint density at radius 1 is 1.27 bits per heavy atom. The van der Waals surface area contributed by atoms with E-state index in [1.54, 1.807) is 0 Å². The van der Waals surface area contributed by atoms with E-state index in [0.717, 1.165) is 29.7 Å². The van der Waals surface area contributed by atoms with Crippen LogP contribution in [0.4, 0.5) is 0 Å². The molecule has 0 aliphatic heterocycles. The zero-order valence-electron chi connectivity index (χ0n) is 8.83. The maximum absolute atomic E-state index is 4.64. The summed E-state index contributed by atoms with van der Waals surface area (Å²) in [6.07, 6.45) is 6.73. The van der Waals surface area contributed by atoms with Gasteiger partial charge >= 0.3 is 0 Å². The van der Waals surface area contributed by atoms with Crippen LogP contribution in [0.25, 0.3) is 11.0 Å². The van der Waals surface area contributed by atoms with Crippen LogP contribution < -0.4 is 0 Å². The van der Waals surface area contributed by atoms with Crippen molar-refractivity contribution in [1.82, 2.24) is 9.97 Å². The van der Waals surface area contributed by atoms with Crippen LogP contribution in [0.3, 0.4) is 0 Å². The Balaban J connectivity index is 2.06. The predicted molar refractivity (Wildman–Crippen MR) is 61.9 cm³/mol. The van der Waals surface area contributed by atoms with Crippen molar-refractivity contribution in [2.45, 2.75) is 25.7 Å². The summed E-state index contributed by atoms with van der Waals surface area (Å²) in [5.74, 6) is 1.71. The fraction of sp³-hybridized carbons (Fsp3) is 0.308. The summed E-state index contributed by atoms with van der Waals surface area (Å²) in [6.45, 7) is 2.11. The minimum absolute atomic E-state index is 0.567. The fourth-order valence-corrected chi connectivity index (χ4v) is 2.18. The van der Waals surface area contributed by atoms with Crippen LogP contribution in [-0.2, 0) is 0 Å². The van der Waals surface area contributed by atoms with E-state index in [0.29, 0.717) is 5.92 Å². The van der Waals surface area contributed by atoms with Gasteiger partial charge < -0.3 is 4.98 Å². The lowest BCUT2D eigenvalue weighted by Crippen LogP contribution is -1.94. The second-order valence-corrected chi connectivity index (χ2v) is 4.28. The van der Waals surface area contributed by atoms with Gasteiger partial charge in [0.05, 0.1) is 11.0 Å². The molecule has 1 aromatic heterocycles. The molecule has 0 fully saturated rings. The third kappa shape index (κ3) is 1.46. The Kier molecular flexibility index (Phi) is 1.88. The molecule has 0 unspecified atom stereocenters. The molecule has 2 nitrogen and oxygen atoms in total. The van der Waals surface area contributed by atoms with Gasteiger partial charge in [-0.05, 0) is 37.5 Å². The predicted octanol–water partition coefficient (Wildman–Crippen LogP) is 3.30. The number of hydrogen-bond donors (Lipinski definition) is 1. The molecule has 1 heterocycles. The van der Waals surface area contributed by atoms with E-state index in [-0.39, 0.29) is 0 Å². The van der Waals surface area contributed by atoms with Crippen LogP contribution in [0.5, 0.6) is 0 Å². The number of aryl methyl sites for hydroxylation is 1. The molecule has 0 amide bonds. The number of nitrogens with zero attached hydrogens (tertiary/aromatic N) is 1. The quantitative estimate of drug-likeness (QED) is 0.700. The van der Waals surface area contributed by atoms with Crippen LogP contribution >= 0.6 is 0 Å². The number of nitrogens with one attached hydrogen (secondary N) is 1. The van der Waals surface area contributed by atoms with Crippen molar-refractivity contribution in [3.8, 4) is 0 Å². The topological polar surface area (TPSA) is 28.7 Å². The molecule has 0 radical (unpaired) electrons. The normalized spacial score (nSPS) is 16.6. The SMILES string of the molecule is Cc1ccc2nc(C3CC=CC3)[nH]c2c1. The summed E-state index contributed by atoms with van der Waals surface area (Å²) in [7, 11) is 0. The number of benzene rings is 1. The molecule has 0 spiro atoms. The second-order valence-electron chi connectivity index (χ2n) is 4.28. The average Bonchev–Trinajstić information content (AvgIpc) is 2.84. The van der Waals surface area contributed by atoms with Gasteiger partial charge in [-0.15, -0.1) is 0 Å². The summed E-state index contributed by atoms with van der Waals surface area (Å²) in [4.78, 5) is 8.07. The number of imidazole rings is 1. The molecule has 76 valence electrons. The molecule has 2 aromatic rings. The molecular weight excluding hydrogens is 184 g/mol. The molecule has 3 rings (SSSR count). The Labute approximate surface area is 89.0 Å². The van der Waals surface area contributed by atoms with Gasteiger partial charge in [-0.1, -0.05) is 18.2 Å². The Bertz CT molecular complexity index is 514. The number of fused-ring (bicyclic) bond motifs is 1. The minimum Gasteiger partial charge on any atom is -0.342 e. The van der Waals surface area contributed by atoms with Crippen molar-refractivity contribution in [2.24, 2.45) is 0 Å². The molecule has 0 bridgehead atoms. The minimum atomic E-state index is 0.567. The number of allylic oxidation sites excluding steroid dienone is 2. The third-order valence-electron chi connectivity index (χ3n) is 3.05. The van der Waals surface area contributed by atoms with E-state index in [2.05, 4.69) is 47.2 Å². The number of aromatic amines is 1. The molecule has 0 saturated heterocycles. The first-order valence-corrected chi connectivity index (χ1v) is 5.44. The average molecular weight is 198 g/mol. The molecule has 0 atom stereocenters. The van der Waals surface area contributed by atoms with E-state index in [9.17, 15) is 0 Å². The lowest BCUT2D eigenvalue weighted by molar-refractivity contribution is 0.707. The van der Waals surface area contributed by atoms with Crippen molar-refractivity contribution in [2.75, 3.05) is 0 Å². The van der Waals surface area contributed by atoms with Gasteiger partial charge in [0.15, 0.2) is 0 Å². The molecule has 1 N–H and O–H groups in total. The van der Waals surface area contributed by atoms with Crippen LogP contribution in [0.2, 0.25) is 0 Å². The van der Waals surface area contributed by atoms with Gasteiger partial charge in [0.25, 0.3) is 0 Å². The van der Waals surface area contributed by atoms with Crippen LogP contribution in [0.1, 0.15) is 30.1 Å². The maximum Gasteiger partial charge on any atom is 0.110 e. The first-order valence-electron chi connectivity index (χ1n) is 5.44. The summed E-state index contributed by atoms with van der Waals surface area (Å²) in [5.41, 5.74) is 3.53. The maximum atomic E-state index is 4.64. The van der Waals surface area contributed by atoms with Crippen LogP contribution in [-0.4, -0.2) is 9.97 Å². The molecule has 1 aromatic carbocycles. The summed E-state index contributed by atoms with van der Waals surface area (Å²) in [6, 6.07) is 6.36. The van der Waals surface area contributed by atoms with Crippen molar-refractivity contribution in [3.05, 3.63) is 41.7 Å². The molecular formula is C13H14N2. The summed E-state index contributed by atoms with van der Waals surface area (Å²) >= 11 is 0. The molecule has 1 aliphatic rings. The molecule has 1 aliphatic carbocycles. The molecule has 0 saturated carbocycles. The standard InChI is InChI=1S/C13H14N2/c1-9-6-7-11-12(8-9)15-13(14-11)10-4-2-3-5-10/h2-3,6-8,10H,4-5H2,1H3,(H,14,15). The van der Waals surface area contributed by atoms with Crippen molar-refractivity contribution >= 4 is 11.0 Å². The zero-order chi connectivity index (χ0) is 10.3. The lowest BCUT2D eigenvalue weighted by atomic mass is 10.1. The van der Waals surface area contributed by atoms with Crippen LogP contribution in [0, 0.1) is 6.92 Å². The largest absolute Gasteiger partial charge is 0.342 e. The van der Waals surface area contributed by atoms with Crippen LogP contribution in [0.15, 0.2) is 30.4 Å². The van der Waals surface area contributed by atoms with Gasteiger partial charge in [0.2, 0.25) is 0 Å². The number of aromatic nitrogens is 2. The highest BCUT2D eigenvalue weighted by atomic mass is 14.9. The Morgan fingerprint density at radius 2 is 2.07 bits per heavy atom. The second kappa shape index (κ2) is 3.23. The number of hydrogen-bond acceptors (Lipinski definition) is 1. The fourth-order valence-electron chi connectivity index (χ4n) is 2.18. The van der Waals surface area contributed by atoms with Gasteiger partial charge in [0.1, 0.15) is 5.82 Å². The van der Waals surface area contributed by atoms with Gasteiger partial charge in [-0.2, -0.15) is 0 Å². The van der Waals surface area contributed by atoms with Crippen molar-refractivity contribution in [3.63, 3.8) is 0 Å². The van der Waals surface area contributed by atoms with E-state index in [1.807, 2.05) is 0 Å². The highest BCUT2D eigenvalue weighted by Crippen LogP contribution is 2.28. The first kappa shape index (κ1) is 8.72. The van der Waals surface area contributed by atoms with E-state index in [4.69, 9.17) is 0 Å². The van der Waals surface area contributed by atoms with E-state index >= 15 is 0 Å². The van der Waals surface area contributed by atoms with E-state index < -0.39 is 0 Å². The number of H-pyrrole nitrogens is 1. The monoisotopic (exact) mass is 198 g/mol. The first-order chi connectivity index (χ1) is 7.33. The third-order valence-corrected chi connectivity index (χ3v) is 3.05.